The van der Waals surface area contributed by atoms with E-state index in [0.29, 0.717) is 28.0 Å². The van der Waals surface area contributed by atoms with Gasteiger partial charge in [0, 0.05) is 11.1 Å². The second-order valence-electron chi connectivity index (χ2n) is 6.62. The van der Waals surface area contributed by atoms with Gasteiger partial charge in [-0.2, -0.15) is 4.98 Å². The van der Waals surface area contributed by atoms with E-state index >= 15 is 0 Å². The monoisotopic (exact) mass is 510 g/mol. The Morgan fingerprint density at radius 2 is 1.84 bits per heavy atom. The van der Waals surface area contributed by atoms with Gasteiger partial charge in [-0.15, -0.1) is 21.5 Å². The van der Waals surface area contributed by atoms with Gasteiger partial charge in [-0.05, 0) is 52.5 Å². The number of carbonyl (C=O) groups is 1. The summed E-state index contributed by atoms with van der Waals surface area (Å²) in [7, 11) is 0. The molecule has 0 N–H and O–H groups in total. The van der Waals surface area contributed by atoms with Gasteiger partial charge in [-0.3, -0.25) is 9.69 Å². The lowest BCUT2D eigenvalue weighted by atomic mass is 10.1. The molecule has 1 aliphatic heterocycles. The number of fused-ring (bicyclic) bond motifs is 3. The Labute approximate surface area is 195 Å². The molecule has 1 unspecified atom stereocenters. The Hall–Kier alpha value is -2.75. The first-order valence-electron chi connectivity index (χ1n) is 9.34. The van der Waals surface area contributed by atoms with Crippen LogP contribution in [0.3, 0.4) is 0 Å². The number of aromatic nitrogens is 3. The smallest absolute Gasteiger partial charge is 0.261 e. The summed E-state index contributed by atoms with van der Waals surface area (Å²) in [6.45, 7) is 0. The van der Waals surface area contributed by atoms with Gasteiger partial charge < -0.3 is 4.74 Å². The first-order chi connectivity index (χ1) is 15.2. The molecule has 1 amide bonds. The van der Waals surface area contributed by atoms with Crippen molar-refractivity contribution in [2.45, 2.75) is 11.4 Å². The fourth-order valence-electron chi connectivity index (χ4n) is 3.39. The quantitative estimate of drug-likeness (QED) is 0.323. The highest BCUT2D eigenvalue weighted by Gasteiger charge is 2.37. The molecule has 0 aliphatic carbocycles. The number of halogens is 1. The Kier molecular flexibility index (Phi) is 5.47. The Morgan fingerprint density at radius 3 is 2.58 bits per heavy atom. The predicted octanol–water partition coefficient (Wildman–Crippen LogP) is 5.82. The molecule has 9 heteroatoms. The number of ether oxygens (including phenoxy) is 1. The second kappa shape index (κ2) is 8.41. The van der Waals surface area contributed by atoms with Gasteiger partial charge >= 0.3 is 0 Å². The lowest BCUT2D eigenvalue weighted by Gasteiger charge is -2.30. The molecular weight excluding hydrogens is 496 g/mol. The molecule has 0 bridgehead atoms. The molecular formula is C22H15BrN4O2S2. The number of amides is 1. The number of benzene rings is 2. The lowest BCUT2D eigenvalue weighted by molar-refractivity contribution is 0.0912. The predicted molar refractivity (Wildman–Crippen MR) is 126 cm³/mol. The van der Waals surface area contributed by atoms with Crippen molar-refractivity contribution in [2.75, 3.05) is 11.2 Å². The molecule has 0 radical (unpaired) electrons. The Morgan fingerprint density at radius 1 is 1.06 bits per heavy atom. The summed E-state index contributed by atoms with van der Waals surface area (Å²) in [6, 6.07) is 20.7. The van der Waals surface area contributed by atoms with Crippen LogP contribution in [0.25, 0.3) is 11.3 Å². The lowest BCUT2D eigenvalue weighted by Crippen LogP contribution is -2.37. The fourth-order valence-corrected chi connectivity index (χ4v) is 5.13. The number of rotatable bonds is 3. The SMILES string of the molecule is CSc1nnc2c(n1)OC(c1ccc(Br)s1)N(C(=O)c1ccccc1)c1ccccc1-2. The molecule has 6 nitrogen and oxygen atoms in total. The van der Waals surface area contributed by atoms with E-state index in [1.165, 1.54) is 23.1 Å². The average Bonchev–Trinajstić information content (AvgIpc) is 3.19. The molecule has 0 saturated carbocycles. The highest BCUT2D eigenvalue weighted by atomic mass is 79.9. The Bertz CT molecular complexity index is 1270. The largest absolute Gasteiger partial charge is 0.446 e. The van der Waals surface area contributed by atoms with E-state index < -0.39 is 6.23 Å². The third-order valence-electron chi connectivity index (χ3n) is 4.77. The van der Waals surface area contributed by atoms with Crippen molar-refractivity contribution in [3.8, 4) is 17.1 Å². The normalized spacial score (nSPS) is 14.9. The third-order valence-corrected chi connectivity index (χ3v) is 6.96. The van der Waals surface area contributed by atoms with Crippen LogP contribution in [-0.2, 0) is 0 Å². The maximum absolute atomic E-state index is 13.8. The molecule has 0 fully saturated rings. The van der Waals surface area contributed by atoms with Gasteiger partial charge in [0.25, 0.3) is 5.91 Å². The Balaban J connectivity index is 1.75. The van der Waals surface area contributed by atoms with Crippen LogP contribution < -0.4 is 9.64 Å². The van der Waals surface area contributed by atoms with Gasteiger partial charge in [-0.1, -0.05) is 48.2 Å². The van der Waals surface area contributed by atoms with Crippen LogP contribution in [0.5, 0.6) is 5.88 Å². The maximum Gasteiger partial charge on any atom is 0.261 e. The van der Waals surface area contributed by atoms with E-state index in [9.17, 15) is 4.79 Å². The van der Waals surface area contributed by atoms with E-state index in [1.54, 1.807) is 17.0 Å². The first-order valence-corrected chi connectivity index (χ1v) is 12.2. The van der Waals surface area contributed by atoms with Crippen molar-refractivity contribution in [1.29, 1.82) is 0 Å². The molecule has 31 heavy (non-hydrogen) atoms. The van der Waals surface area contributed by atoms with E-state index in [-0.39, 0.29) is 5.91 Å². The van der Waals surface area contributed by atoms with E-state index in [0.717, 1.165) is 14.2 Å². The van der Waals surface area contributed by atoms with Crippen LogP contribution in [0, 0.1) is 0 Å². The van der Waals surface area contributed by atoms with Crippen molar-refractivity contribution in [1.82, 2.24) is 15.2 Å². The van der Waals surface area contributed by atoms with Crippen LogP contribution in [-0.4, -0.2) is 27.3 Å². The standard InChI is InChI=1S/C22H15BrN4O2S2/c1-30-22-24-19-18(25-26-22)14-9-5-6-10-15(14)27(20(28)13-7-3-2-4-8-13)21(29-19)16-11-12-17(23)31-16/h2-12,21H,1H3. The van der Waals surface area contributed by atoms with Gasteiger partial charge in [-0.25, -0.2) is 0 Å². The van der Waals surface area contributed by atoms with E-state index in [2.05, 4.69) is 31.1 Å². The summed E-state index contributed by atoms with van der Waals surface area (Å²) in [6.07, 6.45) is 1.17. The zero-order valence-corrected chi connectivity index (χ0v) is 19.4. The minimum atomic E-state index is -0.710. The number of thioether (sulfide) groups is 1. The number of para-hydroxylation sites is 1. The van der Waals surface area contributed by atoms with Crippen molar-refractivity contribution in [3.63, 3.8) is 0 Å². The van der Waals surface area contributed by atoms with Crippen LogP contribution >= 0.6 is 39.0 Å². The summed E-state index contributed by atoms with van der Waals surface area (Å²) in [4.78, 5) is 20.9. The molecule has 3 heterocycles. The zero-order valence-electron chi connectivity index (χ0n) is 16.2. The molecule has 2 aromatic carbocycles. The van der Waals surface area contributed by atoms with Crippen LogP contribution in [0.2, 0.25) is 0 Å². The van der Waals surface area contributed by atoms with Gasteiger partial charge in [0.2, 0.25) is 17.3 Å². The van der Waals surface area contributed by atoms with E-state index in [1.807, 2.05) is 60.9 Å². The summed E-state index contributed by atoms with van der Waals surface area (Å²) in [5, 5.41) is 9.09. The van der Waals surface area contributed by atoms with Crippen LogP contribution in [0.15, 0.2) is 75.7 Å². The molecule has 5 rings (SSSR count). The topological polar surface area (TPSA) is 68.2 Å². The van der Waals surface area contributed by atoms with Gasteiger partial charge in [0.15, 0.2) is 5.69 Å². The first kappa shape index (κ1) is 20.2. The van der Waals surface area contributed by atoms with Gasteiger partial charge in [0.1, 0.15) is 0 Å². The van der Waals surface area contributed by atoms with Gasteiger partial charge in [0.05, 0.1) is 14.4 Å². The summed E-state index contributed by atoms with van der Waals surface area (Å²) >= 11 is 6.42. The zero-order chi connectivity index (χ0) is 21.4. The molecule has 0 spiro atoms. The summed E-state index contributed by atoms with van der Waals surface area (Å²) in [5.74, 6) is 0.179. The average molecular weight is 511 g/mol. The van der Waals surface area contributed by atoms with Crippen molar-refractivity contribution >= 4 is 50.6 Å². The second-order valence-corrected chi connectivity index (χ2v) is 9.89. The number of anilines is 1. The van der Waals surface area contributed by atoms with E-state index in [4.69, 9.17) is 4.74 Å². The molecule has 1 aliphatic rings. The van der Waals surface area contributed by atoms with Crippen LogP contribution in [0.4, 0.5) is 5.69 Å². The van der Waals surface area contributed by atoms with Crippen molar-refractivity contribution in [3.05, 3.63) is 81.0 Å². The van der Waals surface area contributed by atoms with Crippen LogP contribution in [0.1, 0.15) is 21.5 Å². The number of thiophene rings is 1. The minimum Gasteiger partial charge on any atom is -0.446 e. The third kappa shape index (κ3) is 3.73. The minimum absolute atomic E-state index is 0.173. The molecule has 1 atom stereocenters. The fraction of sp³-hybridized carbons (Fsp3) is 0.0909. The number of hydrogen-bond donors (Lipinski definition) is 0. The summed E-state index contributed by atoms with van der Waals surface area (Å²) in [5.41, 5.74) is 2.51. The summed E-state index contributed by atoms with van der Waals surface area (Å²) < 4.78 is 7.35. The maximum atomic E-state index is 13.8. The highest BCUT2D eigenvalue weighted by molar-refractivity contribution is 9.11. The molecule has 0 saturated heterocycles. The number of hydrogen-bond acceptors (Lipinski definition) is 7. The highest BCUT2D eigenvalue weighted by Crippen LogP contribution is 2.45. The van der Waals surface area contributed by atoms with Crippen molar-refractivity contribution < 1.29 is 9.53 Å². The number of nitrogens with zero attached hydrogens (tertiary/aromatic N) is 4. The van der Waals surface area contributed by atoms with Crippen molar-refractivity contribution in [2.24, 2.45) is 0 Å². The number of carbonyl (C=O) groups excluding carboxylic acids is 1. The molecule has 4 aromatic rings. The molecule has 154 valence electrons. The molecule has 2 aromatic heterocycles.